The molecule has 0 aliphatic heterocycles. The SMILES string of the molecule is COc1ccc(C(O)(c2ccccc2)c2ccc(O[Si](OC(C)(C)C)(c3ccccc3)c3ccccc3)cc2)cc1. The molecule has 5 aromatic carbocycles. The number of aliphatic hydroxyl groups is 1. The van der Waals surface area contributed by atoms with Crippen molar-refractivity contribution in [1.82, 2.24) is 0 Å². The van der Waals surface area contributed by atoms with Crippen molar-refractivity contribution in [1.29, 1.82) is 0 Å². The second kappa shape index (κ2) is 11.8. The Balaban J connectivity index is 1.60. The number of hydrogen-bond acceptors (Lipinski definition) is 4. The van der Waals surface area contributed by atoms with Gasteiger partial charge in [-0.25, -0.2) is 0 Å². The number of ether oxygens (including phenoxy) is 1. The highest BCUT2D eigenvalue weighted by Gasteiger charge is 2.48. The van der Waals surface area contributed by atoms with Crippen LogP contribution in [0, 0.1) is 0 Å². The van der Waals surface area contributed by atoms with E-state index >= 15 is 0 Å². The van der Waals surface area contributed by atoms with Crippen molar-refractivity contribution < 1.29 is 18.7 Å². The summed E-state index contributed by atoms with van der Waals surface area (Å²) in [6.07, 6.45) is 0. The molecular weight excluding hydrogens is 524 g/mol. The predicted octanol–water partition coefficient (Wildman–Crippen LogP) is 6.43. The van der Waals surface area contributed by atoms with Gasteiger partial charge in [-0.15, -0.1) is 0 Å². The van der Waals surface area contributed by atoms with Crippen molar-refractivity contribution >= 4 is 18.9 Å². The number of methoxy groups -OCH3 is 1. The Bertz CT molecular complexity index is 1490. The van der Waals surface area contributed by atoms with Crippen LogP contribution in [0.3, 0.4) is 0 Å². The molecule has 1 N–H and O–H groups in total. The van der Waals surface area contributed by atoms with Gasteiger partial charge in [0, 0.05) is 10.4 Å². The lowest BCUT2D eigenvalue weighted by Crippen LogP contribution is -2.68. The molecule has 0 saturated carbocycles. The fourth-order valence-electron chi connectivity index (χ4n) is 5.11. The van der Waals surface area contributed by atoms with Crippen molar-refractivity contribution in [2.24, 2.45) is 0 Å². The summed E-state index contributed by atoms with van der Waals surface area (Å²) in [5.41, 5.74) is 0.407. The summed E-state index contributed by atoms with van der Waals surface area (Å²) in [4.78, 5) is 0. The van der Waals surface area contributed by atoms with Gasteiger partial charge in [0.2, 0.25) is 0 Å². The highest BCUT2D eigenvalue weighted by atomic mass is 28.4. The standard InChI is InChI=1S/C36H36O4Si/c1-35(2,3)40-41(33-16-10-6-11-17-33,34-18-12-7-13-19-34)39-32-26-22-30(23-27-32)36(37,28-14-8-5-9-15-28)29-20-24-31(38-4)25-21-29/h5-27,37H,1-4H3. The highest BCUT2D eigenvalue weighted by molar-refractivity contribution is 6.93. The van der Waals surface area contributed by atoms with Gasteiger partial charge in [0.25, 0.3) is 0 Å². The number of hydrogen-bond donors (Lipinski definition) is 1. The second-order valence-electron chi connectivity index (χ2n) is 11.0. The van der Waals surface area contributed by atoms with Crippen LogP contribution in [0.15, 0.2) is 140 Å². The maximum Gasteiger partial charge on any atom is 0.469 e. The number of benzene rings is 5. The molecule has 5 rings (SSSR count). The average molecular weight is 561 g/mol. The van der Waals surface area contributed by atoms with Gasteiger partial charge in [-0.1, -0.05) is 115 Å². The molecule has 0 aromatic heterocycles. The minimum absolute atomic E-state index is 0.459. The molecule has 0 heterocycles. The van der Waals surface area contributed by atoms with E-state index in [-0.39, 0.29) is 0 Å². The smallest absolute Gasteiger partial charge is 0.469 e. The zero-order chi connectivity index (χ0) is 28.9. The Morgan fingerprint density at radius 1 is 0.512 bits per heavy atom. The van der Waals surface area contributed by atoms with E-state index in [0.29, 0.717) is 5.75 Å². The van der Waals surface area contributed by atoms with Gasteiger partial charge in [0.05, 0.1) is 12.7 Å². The summed E-state index contributed by atoms with van der Waals surface area (Å²) >= 11 is 0. The Kier molecular flexibility index (Phi) is 8.13. The van der Waals surface area contributed by atoms with E-state index in [1.54, 1.807) is 7.11 Å². The monoisotopic (exact) mass is 560 g/mol. The summed E-state index contributed by atoms with van der Waals surface area (Å²) in [6, 6.07) is 45.3. The van der Waals surface area contributed by atoms with E-state index in [2.05, 4.69) is 45.0 Å². The van der Waals surface area contributed by atoms with Gasteiger partial charge in [-0.05, 0) is 61.7 Å². The Morgan fingerprint density at radius 3 is 1.32 bits per heavy atom. The summed E-state index contributed by atoms with van der Waals surface area (Å²) in [5, 5.41) is 14.4. The number of rotatable bonds is 9. The van der Waals surface area contributed by atoms with Crippen LogP contribution in [-0.2, 0) is 10.0 Å². The van der Waals surface area contributed by atoms with Gasteiger partial charge < -0.3 is 18.7 Å². The fourth-order valence-corrected chi connectivity index (χ4v) is 8.55. The molecule has 208 valence electrons. The zero-order valence-electron chi connectivity index (χ0n) is 24.0. The van der Waals surface area contributed by atoms with E-state index < -0.39 is 19.8 Å². The maximum atomic E-state index is 12.3. The van der Waals surface area contributed by atoms with Crippen molar-refractivity contribution in [3.8, 4) is 11.5 Å². The third-order valence-corrected chi connectivity index (χ3v) is 10.6. The van der Waals surface area contributed by atoms with Crippen molar-refractivity contribution in [2.45, 2.75) is 32.0 Å². The third-order valence-electron chi connectivity index (χ3n) is 6.99. The first-order valence-electron chi connectivity index (χ1n) is 13.8. The second-order valence-corrected chi connectivity index (χ2v) is 13.8. The van der Waals surface area contributed by atoms with Crippen LogP contribution < -0.4 is 19.5 Å². The largest absolute Gasteiger partial charge is 0.514 e. The highest BCUT2D eigenvalue weighted by Crippen LogP contribution is 2.38. The van der Waals surface area contributed by atoms with E-state index in [0.717, 1.165) is 32.8 Å². The lowest BCUT2D eigenvalue weighted by molar-refractivity contribution is 0.101. The molecule has 5 aromatic rings. The maximum absolute atomic E-state index is 12.3. The molecule has 5 heteroatoms. The van der Waals surface area contributed by atoms with Gasteiger partial charge in [0.15, 0.2) is 0 Å². The van der Waals surface area contributed by atoms with E-state index in [4.69, 9.17) is 13.6 Å². The quantitative estimate of drug-likeness (QED) is 0.167. The summed E-state index contributed by atoms with van der Waals surface area (Å²) in [6.45, 7) is 6.17. The minimum Gasteiger partial charge on any atom is -0.514 e. The van der Waals surface area contributed by atoms with E-state index in [1.807, 2.05) is 115 Å². The molecular formula is C36H36O4Si. The van der Waals surface area contributed by atoms with Gasteiger partial charge in [0.1, 0.15) is 17.1 Å². The van der Waals surface area contributed by atoms with Crippen molar-refractivity contribution in [3.05, 3.63) is 156 Å². The van der Waals surface area contributed by atoms with Gasteiger partial charge in [-0.2, -0.15) is 0 Å². The van der Waals surface area contributed by atoms with Crippen LogP contribution in [0.1, 0.15) is 37.5 Å². The topological polar surface area (TPSA) is 47.9 Å². The molecule has 0 aliphatic carbocycles. The predicted molar refractivity (Wildman–Crippen MR) is 167 cm³/mol. The van der Waals surface area contributed by atoms with Crippen molar-refractivity contribution in [2.75, 3.05) is 7.11 Å². The molecule has 0 saturated heterocycles. The molecule has 0 spiro atoms. The summed E-state index contributed by atoms with van der Waals surface area (Å²) < 4.78 is 19.2. The normalized spacial score (nSPS) is 13.3. The average Bonchev–Trinajstić information content (AvgIpc) is 3.01. The Morgan fingerprint density at radius 2 is 0.902 bits per heavy atom. The van der Waals surface area contributed by atoms with E-state index in [1.165, 1.54) is 0 Å². The lowest BCUT2D eigenvalue weighted by atomic mass is 9.80. The van der Waals surface area contributed by atoms with Crippen LogP contribution >= 0.6 is 0 Å². The first-order chi connectivity index (χ1) is 19.7. The molecule has 4 nitrogen and oxygen atoms in total. The molecule has 1 unspecified atom stereocenters. The van der Waals surface area contributed by atoms with Gasteiger partial charge in [-0.3, -0.25) is 0 Å². The van der Waals surface area contributed by atoms with Crippen LogP contribution in [0.5, 0.6) is 11.5 Å². The molecule has 0 bridgehead atoms. The Hall–Kier alpha value is -4.16. The molecule has 0 radical (unpaired) electrons. The van der Waals surface area contributed by atoms with E-state index in [9.17, 15) is 5.11 Å². The molecule has 0 aliphatic rings. The molecule has 0 fully saturated rings. The van der Waals surface area contributed by atoms with Crippen LogP contribution in [0.25, 0.3) is 0 Å². The Labute approximate surface area is 244 Å². The van der Waals surface area contributed by atoms with Gasteiger partial charge >= 0.3 is 8.56 Å². The third kappa shape index (κ3) is 5.98. The van der Waals surface area contributed by atoms with Crippen LogP contribution in [0.2, 0.25) is 0 Å². The summed E-state index contributed by atoms with van der Waals surface area (Å²) in [5.74, 6) is 1.40. The lowest BCUT2D eigenvalue weighted by Gasteiger charge is -2.37. The molecule has 1 atom stereocenters. The van der Waals surface area contributed by atoms with Crippen molar-refractivity contribution in [3.63, 3.8) is 0 Å². The first-order valence-corrected chi connectivity index (χ1v) is 15.6. The van der Waals surface area contributed by atoms with Crippen LogP contribution in [-0.4, -0.2) is 26.4 Å². The zero-order valence-corrected chi connectivity index (χ0v) is 25.0. The van der Waals surface area contributed by atoms with Crippen LogP contribution in [0.4, 0.5) is 0 Å². The molecule has 41 heavy (non-hydrogen) atoms. The first kappa shape index (κ1) is 28.4. The fraction of sp³-hybridized carbons (Fsp3) is 0.167. The minimum atomic E-state index is -3.20. The molecule has 0 amide bonds. The summed E-state index contributed by atoms with van der Waals surface area (Å²) in [7, 11) is -1.57.